The predicted molar refractivity (Wildman–Crippen MR) is 97.3 cm³/mol. The normalized spacial score (nSPS) is 11.4. The fourth-order valence-electron chi connectivity index (χ4n) is 2.48. The van der Waals surface area contributed by atoms with E-state index in [1.807, 2.05) is 6.07 Å². The number of methoxy groups -OCH3 is 1. The Morgan fingerprint density at radius 1 is 1.20 bits per heavy atom. The van der Waals surface area contributed by atoms with Crippen LogP contribution < -0.4 is 9.46 Å². The largest absolute Gasteiger partial charge is 0.497 e. The summed E-state index contributed by atoms with van der Waals surface area (Å²) in [5.41, 5.74) is 0.841. The standard InChI is InChI=1S/C17H15NO5S2/c1-10-14-9-13(23-2)6-7-15(14)24-17(10)25(21,22)18-12-5-3-4-11(8-12)16(19)20/h3-9,18H,1-2H3,(H,19,20). The highest BCUT2D eigenvalue weighted by atomic mass is 32.2. The number of anilines is 1. The number of thiophene rings is 1. The second-order valence-corrected chi connectivity index (χ2v) is 8.30. The van der Waals surface area contributed by atoms with Gasteiger partial charge in [0, 0.05) is 15.8 Å². The lowest BCUT2D eigenvalue weighted by molar-refractivity contribution is 0.0697. The molecule has 0 aliphatic rings. The smallest absolute Gasteiger partial charge is 0.335 e. The zero-order valence-electron chi connectivity index (χ0n) is 13.4. The summed E-state index contributed by atoms with van der Waals surface area (Å²) in [6, 6.07) is 11.1. The summed E-state index contributed by atoms with van der Waals surface area (Å²) in [5.74, 6) is -0.467. The number of ether oxygens (including phenoxy) is 1. The number of nitrogens with one attached hydrogen (secondary N) is 1. The summed E-state index contributed by atoms with van der Waals surface area (Å²) in [5, 5.41) is 9.84. The zero-order chi connectivity index (χ0) is 18.2. The number of hydrogen-bond donors (Lipinski definition) is 2. The van der Waals surface area contributed by atoms with E-state index >= 15 is 0 Å². The van der Waals surface area contributed by atoms with Crippen LogP contribution in [0.1, 0.15) is 15.9 Å². The van der Waals surface area contributed by atoms with Crippen molar-refractivity contribution < 1.29 is 23.1 Å². The predicted octanol–water partition coefficient (Wildman–Crippen LogP) is 3.72. The number of aromatic carboxylic acids is 1. The Bertz CT molecular complexity index is 1070. The molecule has 0 unspecified atom stereocenters. The SMILES string of the molecule is COc1ccc2sc(S(=O)(=O)Nc3cccc(C(=O)O)c3)c(C)c2c1. The van der Waals surface area contributed by atoms with Crippen molar-refractivity contribution in [2.45, 2.75) is 11.1 Å². The summed E-state index contributed by atoms with van der Waals surface area (Å²) in [6.07, 6.45) is 0. The number of carboxylic acids is 1. The van der Waals surface area contributed by atoms with Crippen molar-refractivity contribution in [2.75, 3.05) is 11.8 Å². The van der Waals surface area contributed by atoms with Gasteiger partial charge in [0.1, 0.15) is 9.96 Å². The number of aryl methyl sites for hydroxylation is 1. The molecule has 0 amide bonds. The van der Waals surface area contributed by atoms with Crippen molar-refractivity contribution in [3.8, 4) is 5.75 Å². The molecule has 2 aromatic carbocycles. The van der Waals surface area contributed by atoms with Gasteiger partial charge >= 0.3 is 5.97 Å². The van der Waals surface area contributed by atoms with Crippen LogP contribution in [0.4, 0.5) is 5.69 Å². The molecule has 6 nitrogen and oxygen atoms in total. The number of rotatable bonds is 5. The van der Waals surface area contributed by atoms with Gasteiger partial charge in [0.2, 0.25) is 0 Å². The first-order valence-corrected chi connectivity index (χ1v) is 9.55. The molecule has 0 atom stereocenters. The Morgan fingerprint density at radius 2 is 1.96 bits per heavy atom. The van der Waals surface area contributed by atoms with Crippen LogP contribution in [0.2, 0.25) is 0 Å². The Hall–Kier alpha value is -2.58. The van der Waals surface area contributed by atoms with Crippen LogP contribution in [-0.2, 0) is 10.0 Å². The summed E-state index contributed by atoms with van der Waals surface area (Å²) >= 11 is 1.16. The van der Waals surface area contributed by atoms with Gasteiger partial charge in [0.25, 0.3) is 10.0 Å². The van der Waals surface area contributed by atoms with E-state index in [0.29, 0.717) is 11.3 Å². The van der Waals surface area contributed by atoms with E-state index < -0.39 is 16.0 Å². The fraction of sp³-hybridized carbons (Fsp3) is 0.118. The highest BCUT2D eigenvalue weighted by Crippen LogP contribution is 2.36. The number of carbonyl (C=O) groups is 1. The van der Waals surface area contributed by atoms with E-state index in [-0.39, 0.29) is 15.5 Å². The maximum Gasteiger partial charge on any atom is 0.335 e. The third kappa shape index (κ3) is 3.31. The van der Waals surface area contributed by atoms with Gasteiger partial charge < -0.3 is 9.84 Å². The van der Waals surface area contributed by atoms with Crippen LogP contribution >= 0.6 is 11.3 Å². The van der Waals surface area contributed by atoms with Gasteiger partial charge in [-0.25, -0.2) is 13.2 Å². The van der Waals surface area contributed by atoms with E-state index in [2.05, 4.69) is 4.72 Å². The molecule has 3 rings (SSSR count). The third-order valence-corrected chi connectivity index (χ3v) is 6.98. The van der Waals surface area contributed by atoms with Crippen LogP contribution in [0.3, 0.4) is 0 Å². The average Bonchev–Trinajstić information content (AvgIpc) is 2.92. The second kappa shape index (κ2) is 6.38. The lowest BCUT2D eigenvalue weighted by atomic mass is 10.2. The number of benzene rings is 2. The monoisotopic (exact) mass is 377 g/mol. The zero-order valence-corrected chi connectivity index (χ0v) is 15.1. The Labute approximate surface area is 148 Å². The molecule has 25 heavy (non-hydrogen) atoms. The van der Waals surface area contributed by atoms with Crippen LogP contribution in [0.5, 0.6) is 5.75 Å². The van der Waals surface area contributed by atoms with Crippen molar-refractivity contribution >= 4 is 43.1 Å². The van der Waals surface area contributed by atoms with Gasteiger partial charge in [0.05, 0.1) is 12.7 Å². The van der Waals surface area contributed by atoms with E-state index in [0.717, 1.165) is 21.4 Å². The molecule has 0 aliphatic heterocycles. The third-order valence-electron chi connectivity index (χ3n) is 3.71. The van der Waals surface area contributed by atoms with Crippen LogP contribution in [0, 0.1) is 6.92 Å². The first-order chi connectivity index (χ1) is 11.8. The Balaban J connectivity index is 2.03. The Kier molecular flexibility index (Phi) is 4.40. The van der Waals surface area contributed by atoms with Crippen LogP contribution in [0.25, 0.3) is 10.1 Å². The molecule has 130 valence electrons. The van der Waals surface area contributed by atoms with E-state index in [9.17, 15) is 13.2 Å². The minimum atomic E-state index is -3.83. The molecule has 0 fully saturated rings. The van der Waals surface area contributed by atoms with E-state index in [4.69, 9.17) is 9.84 Å². The first kappa shape index (κ1) is 17.2. The minimum Gasteiger partial charge on any atom is -0.497 e. The van der Waals surface area contributed by atoms with E-state index in [1.54, 1.807) is 26.2 Å². The summed E-state index contributed by atoms with van der Waals surface area (Å²) in [4.78, 5) is 11.0. The van der Waals surface area contributed by atoms with Crippen molar-refractivity contribution in [1.82, 2.24) is 0 Å². The minimum absolute atomic E-state index is 0.0120. The van der Waals surface area contributed by atoms with Gasteiger partial charge in [-0.05, 0) is 48.9 Å². The highest BCUT2D eigenvalue weighted by molar-refractivity contribution is 7.94. The molecule has 3 aromatic rings. The molecule has 0 spiro atoms. The number of sulfonamides is 1. The van der Waals surface area contributed by atoms with Crippen molar-refractivity contribution in [2.24, 2.45) is 0 Å². The molecular formula is C17H15NO5S2. The molecule has 0 saturated heterocycles. The lowest BCUT2D eigenvalue weighted by Gasteiger charge is -2.08. The molecule has 0 aliphatic carbocycles. The van der Waals surface area contributed by atoms with Gasteiger partial charge in [0.15, 0.2) is 0 Å². The summed E-state index contributed by atoms with van der Waals surface area (Å²) in [6.45, 7) is 1.74. The topological polar surface area (TPSA) is 92.7 Å². The van der Waals surface area contributed by atoms with Crippen molar-refractivity contribution in [3.05, 3.63) is 53.6 Å². The maximum absolute atomic E-state index is 12.7. The van der Waals surface area contributed by atoms with Crippen molar-refractivity contribution in [3.63, 3.8) is 0 Å². The van der Waals surface area contributed by atoms with Gasteiger partial charge in [-0.2, -0.15) is 0 Å². The molecule has 1 heterocycles. The lowest BCUT2D eigenvalue weighted by Crippen LogP contribution is -2.13. The Morgan fingerprint density at radius 3 is 2.64 bits per heavy atom. The van der Waals surface area contributed by atoms with Gasteiger partial charge in [-0.3, -0.25) is 4.72 Å². The molecular weight excluding hydrogens is 362 g/mol. The van der Waals surface area contributed by atoms with Crippen LogP contribution in [0.15, 0.2) is 46.7 Å². The first-order valence-electron chi connectivity index (χ1n) is 7.25. The van der Waals surface area contributed by atoms with Crippen molar-refractivity contribution in [1.29, 1.82) is 0 Å². The highest BCUT2D eigenvalue weighted by Gasteiger charge is 2.22. The summed E-state index contributed by atoms with van der Waals surface area (Å²) < 4.78 is 34.2. The van der Waals surface area contributed by atoms with Gasteiger partial charge in [-0.15, -0.1) is 11.3 Å². The summed E-state index contributed by atoms with van der Waals surface area (Å²) in [7, 11) is -2.28. The van der Waals surface area contributed by atoms with Crippen LogP contribution in [-0.4, -0.2) is 26.6 Å². The molecule has 8 heteroatoms. The quantitative estimate of drug-likeness (QED) is 0.707. The average molecular weight is 377 g/mol. The molecule has 0 bridgehead atoms. The number of fused-ring (bicyclic) bond motifs is 1. The molecule has 2 N–H and O–H groups in total. The van der Waals surface area contributed by atoms with Gasteiger partial charge in [-0.1, -0.05) is 6.07 Å². The van der Waals surface area contributed by atoms with E-state index in [1.165, 1.54) is 24.3 Å². The molecule has 0 saturated carbocycles. The molecule has 0 radical (unpaired) electrons. The number of hydrogen-bond acceptors (Lipinski definition) is 5. The number of carboxylic acid groups (broad SMARTS) is 1. The second-order valence-electron chi connectivity index (χ2n) is 5.37. The fourth-order valence-corrected chi connectivity index (χ4v) is 5.28. The maximum atomic E-state index is 12.7. The molecule has 1 aromatic heterocycles.